The molecule has 20 heavy (non-hydrogen) atoms. The van der Waals surface area contributed by atoms with E-state index in [9.17, 15) is 18.5 Å². The van der Waals surface area contributed by atoms with E-state index >= 15 is 0 Å². The number of ether oxygens (including phenoxy) is 1. The molecule has 1 aromatic heterocycles. The van der Waals surface area contributed by atoms with Crippen molar-refractivity contribution in [3.63, 3.8) is 0 Å². The lowest BCUT2D eigenvalue weighted by Gasteiger charge is -2.07. The van der Waals surface area contributed by atoms with Crippen LogP contribution in [0.1, 0.15) is 0 Å². The van der Waals surface area contributed by atoms with Crippen LogP contribution < -0.4 is 10.5 Å². The van der Waals surface area contributed by atoms with Crippen LogP contribution in [0.15, 0.2) is 17.2 Å². The average molecular weight is 306 g/mol. The van der Waals surface area contributed by atoms with E-state index in [1.165, 1.54) is 0 Å². The van der Waals surface area contributed by atoms with Crippen molar-refractivity contribution in [2.45, 2.75) is 4.90 Å². The SMILES string of the molecule is Nc1ncc(S(=O)(=O)NCCOCCO)cc1[N+](=O)[O-]. The Hall–Kier alpha value is -1.82. The summed E-state index contributed by atoms with van der Waals surface area (Å²) >= 11 is 0. The first-order chi connectivity index (χ1) is 9.38. The van der Waals surface area contributed by atoms with Crippen molar-refractivity contribution in [2.24, 2.45) is 0 Å². The molecule has 0 radical (unpaired) electrons. The van der Waals surface area contributed by atoms with Crippen LogP contribution in [0.3, 0.4) is 0 Å². The van der Waals surface area contributed by atoms with Crippen molar-refractivity contribution in [3.8, 4) is 0 Å². The van der Waals surface area contributed by atoms with Crippen LogP contribution in [0.4, 0.5) is 11.5 Å². The Balaban J connectivity index is 2.77. The zero-order valence-corrected chi connectivity index (χ0v) is 11.2. The Morgan fingerprint density at radius 1 is 1.50 bits per heavy atom. The molecule has 0 saturated carbocycles. The molecule has 10 nitrogen and oxygen atoms in total. The van der Waals surface area contributed by atoms with E-state index in [-0.39, 0.29) is 37.1 Å². The van der Waals surface area contributed by atoms with Crippen molar-refractivity contribution in [1.82, 2.24) is 9.71 Å². The number of rotatable bonds is 8. The summed E-state index contributed by atoms with van der Waals surface area (Å²) in [5.74, 6) is -0.361. The minimum atomic E-state index is -3.94. The molecule has 0 aliphatic heterocycles. The number of aliphatic hydroxyl groups excluding tert-OH is 1. The molecule has 1 aromatic rings. The van der Waals surface area contributed by atoms with Gasteiger partial charge in [-0.15, -0.1) is 0 Å². The number of hydrogen-bond donors (Lipinski definition) is 3. The van der Waals surface area contributed by atoms with E-state index in [0.717, 1.165) is 12.3 Å². The molecule has 0 atom stereocenters. The number of nitrogens with two attached hydrogens (primary N) is 1. The molecule has 1 rings (SSSR count). The number of anilines is 1. The number of nitrogens with zero attached hydrogens (tertiary/aromatic N) is 2. The monoisotopic (exact) mass is 306 g/mol. The van der Waals surface area contributed by atoms with E-state index < -0.39 is 20.6 Å². The van der Waals surface area contributed by atoms with Crippen LogP contribution in [0, 0.1) is 10.1 Å². The predicted octanol–water partition coefficient (Wildman–Crippen LogP) is -1.14. The van der Waals surface area contributed by atoms with Gasteiger partial charge < -0.3 is 15.6 Å². The number of hydrogen-bond acceptors (Lipinski definition) is 8. The van der Waals surface area contributed by atoms with Crippen LogP contribution in [0.2, 0.25) is 0 Å². The number of nitrogen functional groups attached to an aromatic ring is 1. The molecule has 0 spiro atoms. The van der Waals surface area contributed by atoms with Crippen molar-refractivity contribution in [2.75, 3.05) is 32.1 Å². The number of nitrogens with one attached hydrogen (secondary N) is 1. The van der Waals surface area contributed by atoms with E-state index in [1.807, 2.05) is 0 Å². The molecule has 0 bridgehead atoms. The lowest BCUT2D eigenvalue weighted by Crippen LogP contribution is -2.28. The second-order valence-electron chi connectivity index (χ2n) is 3.57. The highest BCUT2D eigenvalue weighted by Gasteiger charge is 2.20. The molecule has 112 valence electrons. The molecular formula is C9H14N4O6S. The third-order valence-electron chi connectivity index (χ3n) is 2.15. The maximum Gasteiger partial charge on any atom is 0.312 e. The summed E-state index contributed by atoms with van der Waals surface area (Å²) in [5.41, 5.74) is 4.70. The second kappa shape index (κ2) is 7.09. The number of aromatic nitrogens is 1. The third kappa shape index (κ3) is 4.38. The van der Waals surface area contributed by atoms with Crippen LogP contribution >= 0.6 is 0 Å². The Morgan fingerprint density at radius 3 is 2.80 bits per heavy atom. The molecule has 0 saturated heterocycles. The van der Waals surface area contributed by atoms with Crippen LogP contribution in [-0.4, -0.2) is 49.8 Å². The summed E-state index contributed by atoms with van der Waals surface area (Å²) in [6, 6.07) is 0.833. The van der Waals surface area contributed by atoms with Gasteiger partial charge in [0.05, 0.1) is 24.7 Å². The molecule has 0 fully saturated rings. The van der Waals surface area contributed by atoms with Crippen LogP contribution in [0.25, 0.3) is 0 Å². The first kappa shape index (κ1) is 16.2. The Bertz CT molecular complexity index is 576. The van der Waals surface area contributed by atoms with Crippen LogP contribution in [-0.2, 0) is 14.8 Å². The fourth-order valence-electron chi connectivity index (χ4n) is 1.24. The average Bonchev–Trinajstić information content (AvgIpc) is 2.38. The molecular weight excluding hydrogens is 292 g/mol. The van der Waals surface area contributed by atoms with Crippen molar-refractivity contribution in [3.05, 3.63) is 22.4 Å². The first-order valence-corrected chi connectivity index (χ1v) is 6.95. The second-order valence-corrected chi connectivity index (χ2v) is 5.33. The standard InChI is InChI=1S/C9H14N4O6S/c10-9-8(13(15)16)5-7(6-11-9)20(17,18)12-1-3-19-4-2-14/h5-6,12,14H,1-4H2,(H2,10,11). The largest absolute Gasteiger partial charge is 0.394 e. The summed E-state index contributed by atoms with van der Waals surface area (Å²) in [5, 5.41) is 19.1. The van der Waals surface area contributed by atoms with Gasteiger partial charge in [-0.05, 0) is 0 Å². The molecule has 0 aliphatic rings. The van der Waals surface area contributed by atoms with E-state index in [1.54, 1.807) is 0 Å². The molecule has 11 heteroatoms. The van der Waals surface area contributed by atoms with Gasteiger partial charge in [-0.2, -0.15) is 0 Å². The molecule has 0 aromatic carbocycles. The summed E-state index contributed by atoms with van der Waals surface area (Å²) < 4.78 is 30.7. The molecule has 0 aliphatic carbocycles. The van der Waals surface area contributed by atoms with Crippen LogP contribution in [0.5, 0.6) is 0 Å². The van der Waals surface area contributed by atoms with Crippen molar-refractivity contribution < 1.29 is 23.2 Å². The van der Waals surface area contributed by atoms with E-state index in [4.69, 9.17) is 15.6 Å². The first-order valence-electron chi connectivity index (χ1n) is 5.46. The van der Waals surface area contributed by atoms with E-state index in [0.29, 0.717) is 0 Å². The molecule has 0 amide bonds. The van der Waals surface area contributed by atoms with Gasteiger partial charge in [0.25, 0.3) is 0 Å². The van der Waals surface area contributed by atoms with E-state index in [2.05, 4.69) is 9.71 Å². The maximum absolute atomic E-state index is 11.8. The minimum absolute atomic E-state index is 0.0412. The highest BCUT2D eigenvalue weighted by molar-refractivity contribution is 7.89. The minimum Gasteiger partial charge on any atom is -0.394 e. The summed E-state index contributed by atoms with van der Waals surface area (Å²) in [4.78, 5) is 13.0. The zero-order valence-electron chi connectivity index (χ0n) is 10.4. The number of sulfonamides is 1. The number of nitro groups is 1. The van der Waals surface area contributed by atoms with Gasteiger partial charge >= 0.3 is 5.69 Å². The van der Waals surface area contributed by atoms with Crippen molar-refractivity contribution in [1.29, 1.82) is 0 Å². The Morgan fingerprint density at radius 2 is 2.20 bits per heavy atom. The van der Waals surface area contributed by atoms with Gasteiger partial charge in [0.2, 0.25) is 15.8 Å². The predicted molar refractivity (Wildman–Crippen MR) is 68.4 cm³/mol. The highest BCUT2D eigenvalue weighted by Crippen LogP contribution is 2.21. The topological polar surface area (TPSA) is 158 Å². The Labute approximate surface area is 114 Å². The van der Waals surface area contributed by atoms with Crippen molar-refractivity contribution >= 4 is 21.5 Å². The van der Waals surface area contributed by atoms with Gasteiger partial charge in [0, 0.05) is 18.8 Å². The summed E-state index contributed by atoms with van der Waals surface area (Å²) in [7, 11) is -3.94. The fourth-order valence-corrected chi connectivity index (χ4v) is 2.21. The Kier molecular flexibility index (Phi) is 5.76. The molecule has 1 heterocycles. The normalized spacial score (nSPS) is 11.4. The highest BCUT2D eigenvalue weighted by atomic mass is 32.2. The molecule has 0 unspecified atom stereocenters. The summed E-state index contributed by atoms with van der Waals surface area (Å²) in [6.45, 7) is -0.0533. The summed E-state index contributed by atoms with van der Waals surface area (Å²) in [6.07, 6.45) is 0.930. The fraction of sp³-hybridized carbons (Fsp3) is 0.444. The maximum atomic E-state index is 11.8. The van der Waals surface area contributed by atoms with Gasteiger partial charge in [0.1, 0.15) is 4.90 Å². The quantitative estimate of drug-likeness (QED) is 0.309. The third-order valence-corrected chi connectivity index (χ3v) is 3.58. The van der Waals surface area contributed by atoms with Gasteiger partial charge in [-0.3, -0.25) is 10.1 Å². The van der Waals surface area contributed by atoms with Gasteiger partial charge in [-0.1, -0.05) is 0 Å². The van der Waals surface area contributed by atoms with Gasteiger partial charge in [-0.25, -0.2) is 18.1 Å². The van der Waals surface area contributed by atoms with Gasteiger partial charge in [0.15, 0.2) is 0 Å². The number of pyridine rings is 1. The lowest BCUT2D eigenvalue weighted by molar-refractivity contribution is -0.384. The lowest BCUT2D eigenvalue weighted by atomic mass is 10.4. The zero-order chi connectivity index (χ0) is 15.2. The molecule has 4 N–H and O–H groups in total. The number of aliphatic hydroxyl groups is 1. The smallest absolute Gasteiger partial charge is 0.312 e.